The van der Waals surface area contributed by atoms with Crippen LogP contribution < -0.4 is 0 Å². The Bertz CT molecular complexity index is 1500. The predicted molar refractivity (Wildman–Crippen MR) is 146 cm³/mol. The maximum atomic E-state index is 13.9. The number of carbonyl (C=O) groups is 1. The van der Waals surface area contributed by atoms with Crippen molar-refractivity contribution >= 4 is 28.7 Å². The number of ether oxygens (including phenoxy) is 2. The first kappa shape index (κ1) is 30.3. The van der Waals surface area contributed by atoms with Gasteiger partial charge in [-0.05, 0) is 29.8 Å². The van der Waals surface area contributed by atoms with Gasteiger partial charge in [0.1, 0.15) is 24.0 Å². The van der Waals surface area contributed by atoms with Crippen molar-refractivity contribution in [1.29, 1.82) is 0 Å². The molecule has 4 aromatic rings. The van der Waals surface area contributed by atoms with E-state index < -0.39 is 60.4 Å². The number of aromatic nitrogens is 4. The predicted octanol–water partition coefficient (Wildman–Crippen LogP) is 4.17. The Kier molecular flexibility index (Phi) is 9.35. The van der Waals surface area contributed by atoms with E-state index in [1.807, 2.05) is 0 Å². The van der Waals surface area contributed by atoms with Crippen LogP contribution in [0.5, 0.6) is 0 Å². The Labute approximate surface area is 247 Å². The van der Waals surface area contributed by atoms with E-state index in [1.54, 1.807) is 42.8 Å². The second-order valence-corrected chi connectivity index (χ2v) is 11.3. The molecule has 1 saturated heterocycles. The molecule has 1 aliphatic rings. The highest BCUT2D eigenvalue weighted by Gasteiger charge is 2.49. The third-order valence-electron chi connectivity index (χ3n) is 7.16. The molecule has 42 heavy (non-hydrogen) atoms. The molecule has 0 spiro atoms. The van der Waals surface area contributed by atoms with Gasteiger partial charge in [-0.25, -0.2) is 22.8 Å². The van der Waals surface area contributed by atoms with Crippen LogP contribution in [0.3, 0.4) is 0 Å². The minimum Gasteiger partial charge on any atom is -0.394 e. The lowest BCUT2D eigenvalue weighted by atomic mass is 9.82. The van der Waals surface area contributed by atoms with E-state index in [2.05, 4.69) is 15.3 Å². The van der Waals surface area contributed by atoms with Crippen LogP contribution in [0.1, 0.15) is 23.5 Å². The first-order valence-electron chi connectivity index (χ1n) is 12.9. The third-order valence-corrected chi connectivity index (χ3v) is 8.19. The standard InChI is InChI=1S/C28H26ClF3N4O5S/c1-14-25(36-11-20(34-35-36)16-8-18(30)24(32)19(31)9-16)26(39)22(12-37)41-27(14)28(21(38)10-23-33-6-7-42-23)40-13-15-2-4-17(29)5-3-15/h2-9,11,14,22,25-28,37,39H,10,12-13H2,1H3/t14?,22?,25-,26+,27-,28-/m1/s1. The highest BCUT2D eigenvalue weighted by molar-refractivity contribution is 7.09. The van der Waals surface area contributed by atoms with Crippen LogP contribution >= 0.6 is 22.9 Å². The van der Waals surface area contributed by atoms with Gasteiger partial charge < -0.3 is 19.7 Å². The molecule has 2 unspecified atom stereocenters. The number of hydrogen-bond acceptors (Lipinski definition) is 9. The number of hydrogen-bond donors (Lipinski definition) is 2. The lowest BCUT2D eigenvalue weighted by Gasteiger charge is -2.45. The molecule has 0 amide bonds. The molecular formula is C28H26ClF3N4O5S. The van der Waals surface area contributed by atoms with Gasteiger partial charge in [-0.1, -0.05) is 35.9 Å². The molecule has 0 saturated carbocycles. The van der Waals surface area contributed by atoms with E-state index in [1.165, 1.54) is 22.2 Å². The summed E-state index contributed by atoms with van der Waals surface area (Å²) in [6.45, 7) is 1.19. The third kappa shape index (κ3) is 6.41. The molecule has 0 bridgehead atoms. The normalized spacial score (nSPS) is 23.2. The van der Waals surface area contributed by atoms with Gasteiger partial charge in [0, 0.05) is 28.1 Å². The van der Waals surface area contributed by atoms with Crippen molar-refractivity contribution in [3.8, 4) is 11.3 Å². The number of nitrogens with zero attached hydrogens (tertiary/aromatic N) is 4. The van der Waals surface area contributed by atoms with Crippen molar-refractivity contribution in [1.82, 2.24) is 20.0 Å². The molecule has 14 heteroatoms. The minimum atomic E-state index is -1.61. The van der Waals surface area contributed by atoms with Crippen LogP contribution in [0.2, 0.25) is 5.02 Å². The summed E-state index contributed by atoms with van der Waals surface area (Å²) >= 11 is 7.31. The smallest absolute Gasteiger partial charge is 0.194 e. The van der Waals surface area contributed by atoms with Crippen LogP contribution in [0.25, 0.3) is 11.3 Å². The monoisotopic (exact) mass is 622 g/mol. The summed E-state index contributed by atoms with van der Waals surface area (Å²) in [5, 5.41) is 32.1. The van der Waals surface area contributed by atoms with Crippen LogP contribution in [0.15, 0.2) is 54.2 Å². The number of ketones is 1. The number of carbonyl (C=O) groups excluding carboxylic acids is 1. The first-order valence-corrected chi connectivity index (χ1v) is 14.2. The van der Waals surface area contributed by atoms with E-state index >= 15 is 0 Å². The fourth-order valence-electron chi connectivity index (χ4n) is 5.01. The molecule has 2 N–H and O–H groups in total. The lowest BCUT2D eigenvalue weighted by Crippen LogP contribution is -2.57. The van der Waals surface area contributed by atoms with E-state index in [4.69, 9.17) is 21.1 Å². The molecule has 222 valence electrons. The maximum Gasteiger partial charge on any atom is 0.194 e. The quantitative estimate of drug-likeness (QED) is 0.253. The average Bonchev–Trinajstić information content (AvgIpc) is 3.66. The molecule has 1 aliphatic heterocycles. The van der Waals surface area contributed by atoms with Crippen LogP contribution in [-0.4, -0.2) is 67.0 Å². The molecule has 0 aliphatic carbocycles. The molecule has 0 radical (unpaired) electrons. The van der Waals surface area contributed by atoms with Crippen LogP contribution in [0, 0.1) is 23.4 Å². The number of aliphatic hydroxyl groups is 2. The van der Waals surface area contributed by atoms with Crippen molar-refractivity contribution < 1.29 is 37.7 Å². The fourth-order valence-corrected chi connectivity index (χ4v) is 5.76. The van der Waals surface area contributed by atoms with Crippen molar-refractivity contribution in [2.24, 2.45) is 5.92 Å². The minimum absolute atomic E-state index is 0.0196. The second kappa shape index (κ2) is 13.0. The Morgan fingerprint density at radius 3 is 2.57 bits per heavy atom. The number of aliphatic hydroxyl groups excluding tert-OH is 2. The Morgan fingerprint density at radius 1 is 1.21 bits per heavy atom. The molecule has 2 aromatic heterocycles. The van der Waals surface area contributed by atoms with Crippen LogP contribution in [0.4, 0.5) is 13.2 Å². The topological polar surface area (TPSA) is 120 Å². The first-order chi connectivity index (χ1) is 20.2. The molecule has 5 rings (SSSR count). The zero-order valence-corrected chi connectivity index (χ0v) is 23.7. The lowest BCUT2D eigenvalue weighted by molar-refractivity contribution is -0.214. The Morgan fingerprint density at radius 2 is 1.93 bits per heavy atom. The summed E-state index contributed by atoms with van der Waals surface area (Å²) in [7, 11) is 0. The van der Waals surface area contributed by atoms with Gasteiger partial charge >= 0.3 is 0 Å². The van der Waals surface area contributed by atoms with Crippen molar-refractivity contribution in [3.05, 3.63) is 87.2 Å². The van der Waals surface area contributed by atoms with Gasteiger partial charge in [-0.3, -0.25) is 4.79 Å². The fraction of sp³-hybridized carbons (Fsp3) is 0.357. The highest BCUT2D eigenvalue weighted by atomic mass is 35.5. The van der Waals surface area contributed by atoms with Gasteiger partial charge in [0.15, 0.2) is 23.2 Å². The van der Waals surface area contributed by atoms with Crippen molar-refractivity contribution in [3.63, 3.8) is 0 Å². The summed E-state index contributed by atoms with van der Waals surface area (Å²) in [4.78, 5) is 17.8. The number of rotatable bonds is 10. The van der Waals surface area contributed by atoms with E-state index in [-0.39, 0.29) is 30.1 Å². The molecular weight excluding hydrogens is 597 g/mol. The van der Waals surface area contributed by atoms with Gasteiger partial charge in [0.25, 0.3) is 0 Å². The second-order valence-electron chi connectivity index (χ2n) is 9.93. The Hall–Kier alpha value is -3.20. The number of thiazole rings is 1. The van der Waals surface area contributed by atoms with Gasteiger partial charge in [0.05, 0.1) is 43.0 Å². The summed E-state index contributed by atoms with van der Waals surface area (Å²) in [6.07, 6.45) is -1.61. The van der Waals surface area contributed by atoms with Crippen LogP contribution in [-0.2, 0) is 27.3 Å². The summed E-state index contributed by atoms with van der Waals surface area (Å²) < 4.78 is 54.7. The molecule has 2 aromatic carbocycles. The van der Waals surface area contributed by atoms with E-state index in [0.717, 1.165) is 17.7 Å². The van der Waals surface area contributed by atoms with Gasteiger partial charge in [-0.2, -0.15) is 0 Å². The summed E-state index contributed by atoms with van der Waals surface area (Å²) in [6, 6.07) is 7.59. The zero-order valence-electron chi connectivity index (χ0n) is 22.1. The largest absolute Gasteiger partial charge is 0.394 e. The number of benzene rings is 2. The molecule has 1 fully saturated rings. The SMILES string of the molecule is CC1[C@H]([C@H](OCc2ccc(Cl)cc2)C(=O)Cc2nccs2)OC(CO)[C@H](O)[C@@H]1n1cc(-c2cc(F)c(F)c(F)c2)nn1. The van der Waals surface area contributed by atoms with E-state index in [0.29, 0.717) is 10.0 Å². The molecule has 9 nitrogen and oxygen atoms in total. The number of halogens is 4. The number of Topliss-reactive ketones (excluding diaryl/α,β-unsaturated/α-hetero) is 1. The van der Waals surface area contributed by atoms with Crippen molar-refractivity contribution in [2.75, 3.05) is 6.61 Å². The highest BCUT2D eigenvalue weighted by Crippen LogP contribution is 2.38. The van der Waals surface area contributed by atoms with Gasteiger partial charge in [0.2, 0.25) is 0 Å². The van der Waals surface area contributed by atoms with E-state index in [9.17, 15) is 28.2 Å². The zero-order chi connectivity index (χ0) is 30.0. The summed E-state index contributed by atoms with van der Waals surface area (Å²) in [5.41, 5.74) is 0.709. The molecule has 3 heterocycles. The summed E-state index contributed by atoms with van der Waals surface area (Å²) in [5.74, 6) is -5.35. The maximum absolute atomic E-state index is 13.9. The van der Waals surface area contributed by atoms with Crippen molar-refractivity contribution in [2.45, 2.75) is 50.4 Å². The average molecular weight is 623 g/mol. The van der Waals surface area contributed by atoms with Gasteiger partial charge in [-0.15, -0.1) is 16.4 Å². The molecule has 6 atom stereocenters. The Balaban J connectivity index is 1.45.